The summed E-state index contributed by atoms with van der Waals surface area (Å²) in [6.07, 6.45) is 3.40. The van der Waals surface area contributed by atoms with Crippen LogP contribution in [0.3, 0.4) is 0 Å². The molecule has 2 aromatic rings. The number of nitrogens with one attached hydrogen (secondary N) is 1. The highest BCUT2D eigenvalue weighted by molar-refractivity contribution is 5.35. The third kappa shape index (κ3) is 2.44. The lowest BCUT2D eigenvalue weighted by molar-refractivity contribution is 0.353. The Bertz CT molecular complexity index is 596. The van der Waals surface area contributed by atoms with E-state index in [1.807, 2.05) is 31.9 Å². The summed E-state index contributed by atoms with van der Waals surface area (Å²) in [4.78, 5) is 8.67. The van der Waals surface area contributed by atoms with Crippen LogP contribution in [0.25, 0.3) is 0 Å². The topological polar surface area (TPSA) is 74.1 Å². The van der Waals surface area contributed by atoms with Crippen LogP contribution in [0.2, 0.25) is 0 Å². The molecule has 0 spiro atoms. The number of methoxy groups -OCH3 is 2. The summed E-state index contributed by atoms with van der Waals surface area (Å²) in [6.45, 7) is 2.01. The summed E-state index contributed by atoms with van der Waals surface area (Å²) in [5.74, 6) is 0.857. The van der Waals surface area contributed by atoms with Gasteiger partial charge in [0.15, 0.2) is 0 Å². The van der Waals surface area contributed by atoms with Gasteiger partial charge in [0.2, 0.25) is 11.8 Å². The summed E-state index contributed by atoms with van der Waals surface area (Å²) in [5.41, 5.74) is 2.80. The maximum absolute atomic E-state index is 5.32. The van der Waals surface area contributed by atoms with E-state index in [-0.39, 0.29) is 6.04 Å². The first-order valence-electron chi connectivity index (χ1n) is 6.23. The number of ether oxygens (including phenoxy) is 2. The number of aryl methyl sites for hydroxylation is 1. The molecule has 2 rings (SSSR count). The first kappa shape index (κ1) is 14.3. The van der Waals surface area contributed by atoms with Gasteiger partial charge >= 0.3 is 0 Å². The average Bonchev–Trinajstić information content (AvgIpc) is 2.80. The highest BCUT2D eigenvalue weighted by atomic mass is 16.5. The molecule has 0 saturated heterocycles. The van der Waals surface area contributed by atoms with Gasteiger partial charge in [-0.1, -0.05) is 0 Å². The van der Waals surface area contributed by atoms with Crippen molar-refractivity contribution in [1.29, 1.82) is 0 Å². The zero-order valence-corrected chi connectivity index (χ0v) is 12.3. The molecule has 0 fully saturated rings. The standard InChI is InChI=1S/C13H19N5O2/c1-8-9(6-16-18(8)3)11(14-2)12-13(20-5)17-10(19-4)7-15-12/h6-7,11,14H,1-5H3. The largest absolute Gasteiger partial charge is 0.480 e. The van der Waals surface area contributed by atoms with E-state index < -0.39 is 0 Å². The summed E-state index contributed by atoms with van der Waals surface area (Å²) >= 11 is 0. The first-order valence-corrected chi connectivity index (χ1v) is 6.23. The molecule has 20 heavy (non-hydrogen) atoms. The van der Waals surface area contributed by atoms with Crippen molar-refractivity contribution in [3.8, 4) is 11.8 Å². The Kier molecular flexibility index (Phi) is 4.19. The van der Waals surface area contributed by atoms with Crippen molar-refractivity contribution >= 4 is 0 Å². The second-order valence-electron chi connectivity index (χ2n) is 4.34. The van der Waals surface area contributed by atoms with Crippen LogP contribution in [0.1, 0.15) is 23.0 Å². The van der Waals surface area contributed by atoms with Crippen molar-refractivity contribution in [3.63, 3.8) is 0 Å². The molecule has 108 valence electrons. The second-order valence-corrected chi connectivity index (χ2v) is 4.34. The van der Waals surface area contributed by atoms with Gasteiger partial charge in [0.1, 0.15) is 5.69 Å². The zero-order valence-electron chi connectivity index (χ0n) is 12.3. The molecule has 1 unspecified atom stereocenters. The molecule has 2 heterocycles. The first-order chi connectivity index (χ1) is 9.62. The molecular formula is C13H19N5O2. The summed E-state index contributed by atoms with van der Waals surface area (Å²) in [6, 6.07) is -0.142. The number of nitrogens with zero attached hydrogens (tertiary/aromatic N) is 4. The molecule has 0 radical (unpaired) electrons. The van der Waals surface area contributed by atoms with Gasteiger partial charge in [-0.3, -0.25) is 4.68 Å². The molecule has 0 bridgehead atoms. The van der Waals surface area contributed by atoms with Crippen LogP contribution < -0.4 is 14.8 Å². The fourth-order valence-corrected chi connectivity index (χ4v) is 2.05. The lowest BCUT2D eigenvalue weighted by Crippen LogP contribution is -2.21. The lowest BCUT2D eigenvalue weighted by atomic mass is 10.1. The van der Waals surface area contributed by atoms with Gasteiger partial charge in [0, 0.05) is 18.3 Å². The van der Waals surface area contributed by atoms with E-state index >= 15 is 0 Å². The molecule has 0 aliphatic heterocycles. The molecule has 0 aliphatic rings. The highest BCUT2D eigenvalue weighted by Crippen LogP contribution is 2.29. The van der Waals surface area contributed by atoms with Crippen molar-refractivity contribution in [3.05, 3.63) is 29.3 Å². The number of aromatic nitrogens is 4. The summed E-state index contributed by atoms with van der Waals surface area (Å²) in [7, 11) is 6.88. The van der Waals surface area contributed by atoms with Crippen molar-refractivity contribution in [2.75, 3.05) is 21.3 Å². The summed E-state index contributed by atoms with van der Waals surface area (Å²) in [5, 5.41) is 7.49. The molecule has 0 aromatic carbocycles. The fraction of sp³-hybridized carbons (Fsp3) is 0.462. The van der Waals surface area contributed by atoms with Gasteiger partial charge < -0.3 is 14.8 Å². The molecule has 0 aliphatic carbocycles. The smallest absolute Gasteiger partial charge is 0.240 e. The Hall–Kier alpha value is -2.15. The average molecular weight is 277 g/mol. The Labute approximate surface area is 118 Å². The van der Waals surface area contributed by atoms with E-state index in [9.17, 15) is 0 Å². The van der Waals surface area contributed by atoms with Crippen molar-refractivity contribution < 1.29 is 9.47 Å². The van der Waals surface area contributed by atoms with Gasteiger partial charge in [-0.25, -0.2) is 4.98 Å². The maximum atomic E-state index is 5.32. The molecule has 1 atom stereocenters. The Morgan fingerprint density at radius 3 is 2.50 bits per heavy atom. The van der Waals surface area contributed by atoms with Gasteiger partial charge in [-0.2, -0.15) is 10.1 Å². The van der Waals surface area contributed by atoms with Gasteiger partial charge in [-0.15, -0.1) is 0 Å². The minimum atomic E-state index is -0.142. The Morgan fingerprint density at radius 1 is 1.25 bits per heavy atom. The minimum Gasteiger partial charge on any atom is -0.480 e. The zero-order chi connectivity index (χ0) is 14.7. The van der Waals surface area contributed by atoms with Crippen molar-refractivity contribution in [1.82, 2.24) is 25.1 Å². The molecule has 2 aromatic heterocycles. The van der Waals surface area contributed by atoms with E-state index in [0.717, 1.165) is 11.3 Å². The van der Waals surface area contributed by atoms with E-state index in [2.05, 4.69) is 20.4 Å². The molecule has 7 nitrogen and oxygen atoms in total. The van der Waals surface area contributed by atoms with Gasteiger partial charge in [0.05, 0.1) is 32.7 Å². The lowest BCUT2D eigenvalue weighted by Gasteiger charge is -2.17. The van der Waals surface area contributed by atoms with E-state index in [1.165, 1.54) is 0 Å². The molecule has 0 amide bonds. The van der Waals surface area contributed by atoms with Crippen molar-refractivity contribution in [2.45, 2.75) is 13.0 Å². The summed E-state index contributed by atoms with van der Waals surface area (Å²) < 4.78 is 12.2. The van der Waals surface area contributed by atoms with Crippen LogP contribution in [0.5, 0.6) is 11.8 Å². The van der Waals surface area contributed by atoms with Gasteiger partial charge in [-0.05, 0) is 14.0 Å². The molecular weight excluding hydrogens is 258 g/mol. The monoisotopic (exact) mass is 277 g/mol. The number of hydrogen-bond donors (Lipinski definition) is 1. The maximum Gasteiger partial charge on any atom is 0.240 e. The third-order valence-corrected chi connectivity index (χ3v) is 3.29. The number of rotatable bonds is 5. The molecule has 0 saturated carbocycles. The van der Waals surface area contributed by atoms with Gasteiger partial charge in [0.25, 0.3) is 0 Å². The van der Waals surface area contributed by atoms with Crippen LogP contribution in [-0.2, 0) is 7.05 Å². The van der Waals surface area contributed by atoms with E-state index in [4.69, 9.17) is 9.47 Å². The Balaban J connectivity index is 2.49. The predicted octanol–water partition coefficient (Wildman–Crippen LogP) is 0.845. The van der Waals surface area contributed by atoms with Crippen LogP contribution in [0.4, 0.5) is 0 Å². The fourth-order valence-electron chi connectivity index (χ4n) is 2.05. The number of hydrogen-bond acceptors (Lipinski definition) is 6. The normalized spacial score (nSPS) is 12.2. The van der Waals surface area contributed by atoms with Crippen LogP contribution >= 0.6 is 0 Å². The highest BCUT2D eigenvalue weighted by Gasteiger charge is 2.23. The molecule has 1 N–H and O–H groups in total. The molecule has 7 heteroatoms. The van der Waals surface area contributed by atoms with Crippen LogP contribution in [-0.4, -0.2) is 41.0 Å². The SMILES string of the molecule is CNC(c1cnn(C)c1C)c1ncc(OC)nc1OC. The van der Waals surface area contributed by atoms with Crippen LogP contribution in [0.15, 0.2) is 12.4 Å². The van der Waals surface area contributed by atoms with E-state index in [1.54, 1.807) is 20.4 Å². The van der Waals surface area contributed by atoms with Crippen LogP contribution in [0, 0.1) is 6.92 Å². The predicted molar refractivity (Wildman–Crippen MR) is 74.0 cm³/mol. The minimum absolute atomic E-state index is 0.142. The second kappa shape index (κ2) is 5.87. The quantitative estimate of drug-likeness (QED) is 0.873. The van der Waals surface area contributed by atoms with Crippen molar-refractivity contribution in [2.24, 2.45) is 7.05 Å². The van der Waals surface area contributed by atoms with E-state index in [0.29, 0.717) is 17.5 Å². The third-order valence-electron chi connectivity index (χ3n) is 3.29. The Morgan fingerprint density at radius 2 is 2.00 bits per heavy atom.